The van der Waals surface area contributed by atoms with Gasteiger partial charge in [0, 0.05) is 18.8 Å². The fourth-order valence-electron chi connectivity index (χ4n) is 2.02. The highest BCUT2D eigenvalue weighted by Gasteiger charge is 2.34. The van der Waals surface area contributed by atoms with Crippen molar-refractivity contribution in [2.75, 3.05) is 5.75 Å². The molecule has 1 N–H and O–H groups in total. The van der Waals surface area contributed by atoms with Crippen molar-refractivity contribution in [2.24, 2.45) is 7.05 Å². The van der Waals surface area contributed by atoms with E-state index >= 15 is 0 Å². The third-order valence-corrected chi connectivity index (χ3v) is 4.53. The second-order valence-electron chi connectivity index (χ2n) is 5.00. The van der Waals surface area contributed by atoms with Crippen LogP contribution in [0.15, 0.2) is 5.16 Å². The molecule has 1 atom stereocenters. The van der Waals surface area contributed by atoms with E-state index in [1.54, 1.807) is 16.4 Å². The Morgan fingerprint density at radius 3 is 2.89 bits per heavy atom. The van der Waals surface area contributed by atoms with Crippen LogP contribution < -0.4 is 5.32 Å². The van der Waals surface area contributed by atoms with Gasteiger partial charge in [0.1, 0.15) is 5.54 Å². The zero-order valence-corrected chi connectivity index (χ0v) is 12.3. The van der Waals surface area contributed by atoms with Gasteiger partial charge in [-0.1, -0.05) is 18.7 Å². The summed E-state index contributed by atoms with van der Waals surface area (Å²) < 4.78 is 1.67. The summed E-state index contributed by atoms with van der Waals surface area (Å²) >= 11 is 1.64. The van der Waals surface area contributed by atoms with Crippen molar-refractivity contribution in [3.63, 3.8) is 0 Å². The summed E-state index contributed by atoms with van der Waals surface area (Å²) in [7, 11) is 1.84. The summed E-state index contributed by atoms with van der Waals surface area (Å²) in [6, 6.07) is 3.04. The van der Waals surface area contributed by atoms with Crippen LogP contribution in [0, 0.1) is 11.3 Å². The lowest BCUT2D eigenvalue weighted by atomic mass is 9.92. The molecule has 104 valence electrons. The normalized spacial score (nSPS) is 17.9. The Bertz CT molecular complexity index is 449. The third kappa shape index (κ3) is 3.91. The van der Waals surface area contributed by atoms with Crippen LogP contribution in [0.4, 0.5) is 0 Å². The molecule has 0 spiro atoms. The number of rotatable bonds is 8. The van der Waals surface area contributed by atoms with Crippen molar-refractivity contribution in [3.05, 3.63) is 0 Å². The Labute approximate surface area is 117 Å². The maximum absolute atomic E-state index is 9.42. The maximum atomic E-state index is 9.42. The van der Waals surface area contributed by atoms with Crippen LogP contribution in [0.3, 0.4) is 0 Å². The summed E-state index contributed by atoms with van der Waals surface area (Å²) in [6.07, 6.45) is 5.15. The van der Waals surface area contributed by atoms with Crippen molar-refractivity contribution in [2.45, 2.75) is 55.8 Å². The van der Waals surface area contributed by atoms with Crippen molar-refractivity contribution in [1.29, 1.82) is 5.26 Å². The van der Waals surface area contributed by atoms with Crippen molar-refractivity contribution in [3.8, 4) is 6.07 Å². The molecule has 0 aliphatic heterocycles. The highest BCUT2D eigenvalue weighted by molar-refractivity contribution is 7.99. The first-order chi connectivity index (χ1) is 9.19. The molecule has 19 heavy (non-hydrogen) atoms. The highest BCUT2D eigenvalue weighted by atomic mass is 32.2. The van der Waals surface area contributed by atoms with Gasteiger partial charge in [0.15, 0.2) is 0 Å². The Morgan fingerprint density at radius 1 is 1.58 bits per heavy atom. The zero-order valence-electron chi connectivity index (χ0n) is 11.5. The van der Waals surface area contributed by atoms with Gasteiger partial charge in [-0.2, -0.15) is 5.26 Å². The number of thioether (sulfide) groups is 1. The summed E-state index contributed by atoms with van der Waals surface area (Å²) in [5, 5.41) is 25.1. The summed E-state index contributed by atoms with van der Waals surface area (Å²) in [5.74, 6) is 0.935. The molecule has 1 aromatic heterocycles. The molecule has 0 radical (unpaired) electrons. The summed E-state index contributed by atoms with van der Waals surface area (Å²) in [6.45, 7) is 2.08. The van der Waals surface area contributed by atoms with E-state index < -0.39 is 0 Å². The number of nitrogens with zero attached hydrogens (tertiary/aromatic N) is 5. The average Bonchev–Trinajstić information content (AvgIpc) is 3.15. The van der Waals surface area contributed by atoms with Gasteiger partial charge < -0.3 is 0 Å². The van der Waals surface area contributed by atoms with Crippen molar-refractivity contribution < 1.29 is 0 Å². The SMILES string of the molecule is CCC(C#N)(CCCSc1nnnn1C)NC1CC1. The zero-order chi connectivity index (χ0) is 13.7. The first-order valence-corrected chi connectivity index (χ1v) is 7.72. The number of aryl methyl sites for hydroxylation is 1. The molecule has 1 heterocycles. The second-order valence-corrected chi connectivity index (χ2v) is 6.07. The molecule has 1 unspecified atom stereocenters. The van der Waals surface area contributed by atoms with E-state index in [9.17, 15) is 5.26 Å². The molecule has 1 aliphatic rings. The lowest BCUT2D eigenvalue weighted by Crippen LogP contribution is -2.44. The van der Waals surface area contributed by atoms with Gasteiger partial charge >= 0.3 is 0 Å². The topological polar surface area (TPSA) is 79.4 Å². The fourth-order valence-corrected chi connectivity index (χ4v) is 2.81. The van der Waals surface area contributed by atoms with E-state index in [1.807, 2.05) is 7.05 Å². The molecule has 0 bridgehead atoms. The molecular weight excluding hydrogens is 260 g/mol. The van der Waals surface area contributed by atoms with Crippen molar-refractivity contribution in [1.82, 2.24) is 25.5 Å². The first-order valence-electron chi connectivity index (χ1n) is 6.73. The minimum absolute atomic E-state index is 0.347. The van der Waals surface area contributed by atoms with Gasteiger partial charge in [0.05, 0.1) is 6.07 Å². The Balaban J connectivity index is 1.76. The largest absolute Gasteiger partial charge is 0.297 e. The number of nitrogens with one attached hydrogen (secondary N) is 1. The number of tetrazole rings is 1. The van der Waals surface area contributed by atoms with Crippen LogP contribution >= 0.6 is 11.8 Å². The van der Waals surface area contributed by atoms with Gasteiger partial charge in [-0.25, -0.2) is 4.68 Å². The quantitative estimate of drug-likeness (QED) is 0.574. The number of nitriles is 1. The minimum atomic E-state index is -0.347. The van der Waals surface area contributed by atoms with Gasteiger partial charge in [0.2, 0.25) is 5.16 Å². The lowest BCUT2D eigenvalue weighted by Gasteiger charge is -2.26. The van der Waals surface area contributed by atoms with Crippen LogP contribution in [0.5, 0.6) is 0 Å². The molecule has 1 fully saturated rings. The van der Waals surface area contributed by atoms with E-state index in [0.717, 1.165) is 30.2 Å². The van der Waals surface area contributed by atoms with Gasteiger partial charge in [-0.15, -0.1) is 5.10 Å². The highest BCUT2D eigenvalue weighted by Crippen LogP contribution is 2.27. The van der Waals surface area contributed by atoms with E-state index in [1.165, 1.54) is 12.8 Å². The van der Waals surface area contributed by atoms with Gasteiger partial charge in [0.25, 0.3) is 0 Å². The van der Waals surface area contributed by atoms with E-state index in [2.05, 4.69) is 33.8 Å². The first kappa shape index (κ1) is 14.3. The molecule has 2 rings (SSSR count). The smallest absolute Gasteiger partial charge is 0.209 e. The molecule has 1 aliphatic carbocycles. The van der Waals surface area contributed by atoms with Crippen LogP contribution in [-0.4, -0.2) is 37.5 Å². The standard InChI is InChI=1S/C12H20N6S/c1-3-12(9-13,14-10-5-6-10)7-4-8-19-11-15-16-17-18(11)2/h10,14H,3-8H2,1-2H3. The fraction of sp³-hybridized carbons (Fsp3) is 0.833. The monoisotopic (exact) mass is 280 g/mol. The van der Waals surface area contributed by atoms with E-state index in [-0.39, 0.29) is 5.54 Å². The Morgan fingerprint density at radius 2 is 2.37 bits per heavy atom. The number of aromatic nitrogens is 4. The molecule has 6 nitrogen and oxygen atoms in total. The van der Waals surface area contributed by atoms with Crippen LogP contribution in [-0.2, 0) is 7.05 Å². The van der Waals surface area contributed by atoms with Crippen LogP contribution in [0.2, 0.25) is 0 Å². The third-order valence-electron chi connectivity index (χ3n) is 3.44. The molecular formula is C12H20N6S. The van der Waals surface area contributed by atoms with Gasteiger partial charge in [-0.05, 0) is 42.5 Å². The van der Waals surface area contributed by atoms with E-state index in [0.29, 0.717) is 6.04 Å². The summed E-state index contributed by atoms with van der Waals surface area (Å²) in [5.41, 5.74) is -0.347. The minimum Gasteiger partial charge on any atom is -0.297 e. The van der Waals surface area contributed by atoms with Crippen LogP contribution in [0.25, 0.3) is 0 Å². The molecule has 7 heteroatoms. The van der Waals surface area contributed by atoms with Crippen LogP contribution in [0.1, 0.15) is 39.0 Å². The maximum Gasteiger partial charge on any atom is 0.209 e. The average molecular weight is 280 g/mol. The number of hydrogen-bond donors (Lipinski definition) is 1. The Hall–Kier alpha value is -1.13. The molecule has 0 amide bonds. The molecule has 1 saturated carbocycles. The second kappa shape index (κ2) is 6.35. The molecule has 0 aromatic carbocycles. The molecule has 1 aromatic rings. The number of hydrogen-bond acceptors (Lipinski definition) is 6. The predicted octanol–water partition coefficient (Wildman–Crippen LogP) is 1.51. The predicted molar refractivity (Wildman–Crippen MR) is 73.5 cm³/mol. The molecule has 0 saturated heterocycles. The lowest BCUT2D eigenvalue weighted by molar-refractivity contribution is 0.367. The summed E-state index contributed by atoms with van der Waals surface area (Å²) in [4.78, 5) is 0. The van der Waals surface area contributed by atoms with Gasteiger partial charge in [-0.3, -0.25) is 5.32 Å². The Kier molecular flexibility index (Phi) is 4.77. The van der Waals surface area contributed by atoms with Crippen molar-refractivity contribution >= 4 is 11.8 Å². The van der Waals surface area contributed by atoms with E-state index in [4.69, 9.17) is 0 Å².